The molecule has 0 saturated heterocycles. The third-order valence-electron chi connectivity index (χ3n) is 3.58. The predicted molar refractivity (Wildman–Crippen MR) is 80.2 cm³/mol. The minimum absolute atomic E-state index is 0.508. The first-order chi connectivity index (χ1) is 9.52. The Morgan fingerprint density at radius 1 is 1.10 bits per heavy atom. The molecule has 106 valence electrons. The fraction of sp³-hybridized carbons (Fsp3) is 0.353. The second-order valence-corrected chi connectivity index (χ2v) is 5.10. The molecule has 2 rings (SSSR count). The smallest absolute Gasteiger partial charge is 0.145 e. The van der Waals surface area contributed by atoms with Gasteiger partial charge in [-0.15, -0.1) is 0 Å². The van der Waals surface area contributed by atoms with Gasteiger partial charge < -0.3 is 9.84 Å². The fourth-order valence-corrected chi connectivity index (χ4v) is 2.06. The maximum absolute atomic E-state index is 9.73. The molecule has 0 aliphatic carbocycles. The molecule has 2 aromatic rings. The van der Waals surface area contributed by atoms with Gasteiger partial charge in [0.05, 0.1) is 18.0 Å². The number of rotatable bonds is 4. The maximum atomic E-state index is 9.73. The molecular formula is C17H21NO2. The van der Waals surface area contributed by atoms with Crippen molar-refractivity contribution >= 4 is 0 Å². The molecule has 1 atom stereocenters. The Bertz CT molecular complexity index is 591. The van der Waals surface area contributed by atoms with E-state index in [9.17, 15) is 5.11 Å². The van der Waals surface area contributed by atoms with E-state index in [0.717, 1.165) is 16.9 Å². The molecule has 3 heteroatoms. The van der Waals surface area contributed by atoms with Gasteiger partial charge in [0.2, 0.25) is 0 Å². The molecule has 3 nitrogen and oxygen atoms in total. The second-order valence-electron chi connectivity index (χ2n) is 5.10. The van der Waals surface area contributed by atoms with Crippen molar-refractivity contribution in [2.75, 3.05) is 0 Å². The van der Waals surface area contributed by atoms with Crippen LogP contribution in [0.1, 0.15) is 41.8 Å². The summed E-state index contributed by atoms with van der Waals surface area (Å²) in [6.45, 7) is 8.08. The monoisotopic (exact) mass is 271 g/mol. The quantitative estimate of drug-likeness (QED) is 0.904. The summed E-state index contributed by atoms with van der Waals surface area (Å²) in [5.74, 6) is 1.57. The van der Waals surface area contributed by atoms with Crippen LogP contribution in [0, 0.1) is 20.8 Å². The maximum Gasteiger partial charge on any atom is 0.145 e. The van der Waals surface area contributed by atoms with E-state index in [-0.39, 0.29) is 0 Å². The summed E-state index contributed by atoms with van der Waals surface area (Å²) >= 11 is 0. The molecule has 1 N–H and O–H groups in total. The largest absolute Gasteiger partial charge is 0.455 e. The number of pyridine rings is 1. The first-order valence-corrected chi connectivity index (χ1v) is 6.91. The molecular weight excluding hydrogens is 250 g/mol. The zero-order valence-corrected chi connectivity index (χ0v) is 12.5. The minimum Gasteiger partial charge on any atom is -0.455 e. The van der Waals surface area contributed by atoms with E-state index in [0.29, 0.717) is 17.9 Å². The highest BCUT2D eigenvalue weighted by Gasteiger charge is 2.10. The van der Waals surface area contributed by atoms with Crippen LogP contribution in [0.5, 0.6) is 11.5 Å². The molecule has 1 aromatic heterocycles. The fourth-order valence-electron chi connectivity index (χ4n) is 2.06. The second kappa shape index (κ2) is 6.06. The third kappa shape index (κ3) is 2.99. The SMILES string of the molecule is CC[C@@H](O)c1ccc(Oc2c(C)ccc(C)c2C)cn1. The molecule has 0 radical (unpaired) electrons. The van der Waals surface area contributed by atoms with Crippen molar-refractivity contribution in [1.29, 1.82) is 0 Å². The highest BCUT2D eigenvalue weighted by atomic mass is 16.5. The molecule has 1 heterocycles. The van der Waals surface area contributed by atoms with Crippen LogP contribution in [-0.2, 0) is 0 Å². The van der Waals surface area contributed by atoms with E-state index in [2.05, 4.69) is 31.0 Å². The first-order valence-electron chi connectivity index (χ1n) is 6.91. The van der Waals surface area contributed by atoms with E-state index in [4.69, 9.17) is 4.74 Å². The van der Waals surface area contributed by atoms with Crippen molar-refractivity contribution < 1.29 is 9.84 Å². The van der Waals surface area contributed by atoms with Crippen molar-refractivity contribution in [3.63, 3.8) is 0 Å². The summed E-state index contributed by atoms with van der Waals surface area (Å²) < 4.78 is 5.94. The number of benzene rings is 1. The summed E-state index contributed by atoms with van der Waals surface area (Å²) in [6, 6.07) is 7.81. The van der Waals surface area contributed by atoms with Gasteiger partial charge in [-0.1, -0.05) is 19.1 Å². The van der Waals surface area contributed by atoms with Crippen molar-refractivity contribution in [1.82, 2.24) is 4.98 Å². The van der Waals surface area contributed by atoms with Crippen molar-refractivity contribution in [3.05, 3.63) is 52.8 Å². The van der Waals surface area contributed by atoms with E-state index in [1.165, 1.54) is 5.56 Å². The number of aliphatic hydroxyl groups excluding tert-OH is 1. The lowest BCUT2D eigenvalue weighted by Crippen LogP contribution is -1.99. The van der Waals surface area contributed by atoms with Crippen LogP contribution in [0.25, 0.3) is 0 Å². The Kier molecular flexibility index (Phi) is 4.40. The lowest BCUT2D eigenvalue weighted by molar-refractivity contribution is 0.169. The van der Waals surface area contributed by atoms with E-state index in [1.54, 1.807) is 6.20 Å². The summed E-state index contributed by atoms with van der Waals surface area (Å²) in [7, 11) is 0. The van der Waals surface area contributed by atoms with Gasteiger partial charge in [0, 0.05) is 0 Å². The van der Waals surface area contributed by atoms with E-state index < -0.39 is 6.10 Å². The number of nitrogens with zero attached hydrogens (tertiary/aromatic N) is 1. The normalized spacial score (nSPS) is 12.2. The zero-order valence-electron chi connectivity index (χ0n) is 12.5. The lowest BCUT2D eigenvalue weighted by Gasteiger charge is -2.14. The van der Waals surface area contributed by atoms with Crippen molar-refractivity contribution in [2.24, 2.45) is 0 Å². The molecule has 0 aliphatic heterocycles. The molecule has 0 amide bonds. The highest BCUT2D eigenvalue weighted by Crippen LogP contribution is 2.30. The lowest BCUT2D eigenvalue weighted by atomic mass is 10.1. The summed E-state index contributed by atoms with van der Waals surface area (Å²) in [5, 5.41) is 9.73. The van der Waals surface area contributed by atoms with Crippen LogP contribution in [0.15, 0.2) is 30.5 Å². The number of ether oxygens (including phenoxy) is 1. The molecule has 0 fully saturated rings. The van der Waals surface area contributed by atoms with Gasteiger partial charge >= 0.3 is 0 Å². The van der Waals surface area contributed by atoms with Gasteiger partial charge in [0.1, 0.15) is 11.5 Å². The molecule has 0 saturated carbocycles. The average Bonchev–Trinajstić information content (AvgIpc) is 2.47. The molecule has 1 aromatic carbocycles. The summed E-state index contributed by atoms with van der Waals surface area (Å²) in [4.78, 5) is 4.25. The molecule has 0 spiro atoms. The minimum atomic E-state index is -0.508. The predicted octanol–water partition coefficient (Wildman–Crippen LogP) is 4.24. The topological polar surface area (TPSA) is 42.4 Å². The summed E-state index contributed by atoms with van der Waals surface area (Å²) in [5.41, 5.74) is 4.13. The number of aliphatic hydroxyl groups is 1. The Balaban J connectivity index is 2.25. The number of aromatic nitrogens is 1. The Morgan fingerprint density at radius 3 is 2.40 bits per heavy atom. The van der Waals surface area contributed by atoms with Gasteiger partial charge in [-0.05, 0) is 56.0 Å². The van der Waals surface area contributed by atoms with Crippen LogP contribution in [0.4, 0.5) is 0 Å². The van der Waals surface area contributed by atoms with E-state index in [1.807, 2.05) is 26.0 Å². The van der Waals surface area contributed by atoms with Gasteiger partial charge in [-0.3, -0.25) is 4.98 Å². The van der Waals surface area contributed by atoms with Gasteiger partial charge in [0.25, 0.3) is 0 Å². The number of aryl methyl sites for hydroxylation is 2. The van der Waals surface area contributed by atoms with Crippen molar-refractivity contribution in [3.8, 4) is 11.5 Å². The van der Waals surface area contributed by atoms with Crippen LogP contribution in [0.2, 0.25) is 0 Å². The van der Waals surface area contributed by atoms with Crippen molar-refractivity contribution in [2.45, 2.75) is 40.2 Å². The van der Waals surface area contributed by atoms with Crippen LogP contribution < -0.4 is 4.74 Å². The summed E-state index contributed by atoms with van der Waals surface area (Å²) in [6.07, 6.45) is 1.81. The average molecular weight is 271 g/mol. The molecule has 0 bridgehead atoms. The van der Waals surface area contributed by atoms with Gasteiger partial charge in [-0.25, -0.2) is 0 Å². The molecule has 20 heavy (non-hydrogen) atoms. The third-order valence-corrected chi connectivity index (χ3v) is 3.58. The molecule has 0 aliphatic rings. The van der Waals surface area contributed by atoms with Gasteiger partial charge in [-0.2, -0.15) is 0 Å². The highest BCUT2D eigenvalue weighted by molar-refractivity contribution is 5.46. The van der Waals surface area contributed by atoms with Crippen LogP contribution in [0.3, 0.4) is 0 Å². The Hall–Kier alpha value is -1.87. The van der Waals surface area contributed by atoms with Gasteiger partial charge in [0.15, 0.2) is 0 Å². The Morgan fingerprint density at radius 2 is 1.80 bits per heavy atom. The van der Waals surface area contributed by atoms with Crippen LogP contribution >= 0.6 is 0 Å². The Labute approximate surface area is 120 Å². The standard InChI is InChI=1S/C17H21NO2/c1-5-16(19)15-9-8-14(10-18-15)20-17-12(3)7-6-11(2)13(17)4/h6-10,16,19H,5H2,1-4H3/t16-/m1/s1. The molecule has 0 unspecified atom stereocenters. The number of hydrogen-bond acceptors (Lipinski definition) is 3. The number of hydrogen-bond donors (Lipinski definition) is 1. The first kappa shape index (κ1) is 14.5. The zero-order chi connectivity index (χ0) is 14.7. The van der Waals surface area contributed by atoms with Crippen LogP contribution in [-0.4, -0.2) is 10.1 Å². The van der Waals surface area contributed by atoms with E-state index >= 15 is 0 Å².